The first-order valence-electron chi connectivity index (χ1n) is 8.82. The van der Waals surface area contributed by atoms with Crippen LogP contribution >= 0.6 is 11.6 Å². The van der Waals surface area contributed by atoms with E-state index in [1.54, 1.807) is 0 Å². The number of benzene rings is 3. The van der Waals surface area contributed by atoms with Crippen LogP contribution in [0.3, 0.4) is 0 Å². The van der Waals surface area contributed by atoms with E-state index in [9.17, 15) is 5.11 Å². The molecule has 0 bridgehead atoms. The number of nitrogens with zero attached hydrogens (tertiary/aromatic N) is 1. The Bertz CT molecular complexity index is 987. The molecule has 132 valence electrons. The molecule has 0 fully saturated rings. The van der Waals surface area contributed by atoms with Gasteiger partial charge in [0.1, 0.15) is 0 Å². The zero-order valence-corrected chi connectivity index (χ0v) is 15.2. The highest BCUT2D eigenvalue weighted by molar-refractivity contribution is 6.31. The van der Waals surface area contributed by atoms with Gasteiger partial charge in [-0.2, -0.15) is 0 Å². The minimum Gasteiger partial charge on any atom is -0.390 e. The summed E-state index contributed by atoms with van der Waals surface area (Å²) in [5, 5.41) is 17.1. The Kier molecular flexibility index (Phi) is 4.93. The minimum absolute atomic E-state index is 0.489. The van der Waals surface area contributed by atoms with Crippen molar-refractivity contribution in [2.24, 2.45) is 0 Å². The number of hydrogen-bond acceptors (Lipinski definition) is 2. The molecule has 4 aromatic rings. The molecule has 0 saturated heterocycles. The second-order valence-corrected chi connectivity index (χ2v) is 6.93. The quantitative estimate of drug-likeness (QED) is 0.524. The molecule has 0 amide bonds. The van der Waals surface area contributed by atoms with Gasteiger partial charge < -0.3 is 15.0 Å². The van der Waals surface area contributed by atoms with Crippen molar-refractivity contribution >= 4 is 33.4 Å². The van der Waals surface area contributed by atoms with E-state index in [1.807, 2.05) is 36.4 Å². The van der Waals surface area contributed by atoms with E-state index < -0.39 is 6.10 Å². The third-order valence-corrected chi connectivity index (χ3v) is 5.10. The lowest BCUT2D eigenvalue weighted by atomic mass is 10.2. The third-order valence-electron chi connectivity index (χ3n) is 4.73. The largest absolute Gasteiger partial charge is 0.390 e. The fourth-order valence-electron chi connectivity index (χ4n) is 3.49. The van der Waals surface area contributed by atoms with Gasteiger partial charge in [0, 0.05) is 39.9 Å². The Balaban J connectivity index is 1.50. The molecule has 0 saturated carbocycles. The monoisotopic (exact) mass is 364 g/mol. The lowest BCUT2D eigenvalue weighted by Gasteiger charge is -2.15. The summed E-state index contributed by atoms with van der Waals surface area (Å²) in [5.74, 6) is 0. The first-order chi connectivity index (χ1) is 12.7. The average molecular weight is 365 g/mol. The Morgan fingerprint density at radius 1 is 0.846 bits per heavy atom. The maximum absolute atomic E-state index is 10.6. The van der Waals surface area contributed by atoms with Crippen LogP contribution < -0.4 is 5.32 Å². The molecule has 0 aliphatic rings. The third kappa shape index (κ3) is 3.34. The normalized spacial score (nSPS) is 12.7. The molecular weight excluding hydrogens is 344 g/mol. The molecule has 1 heterocycles. The van der Waals surface area contributed by atoms with Gasteiger partial charge in [0.05, 0.1) is 12.6 Å². The fourth-order valence-corrected chi connectivity index (χ4v) is 3.69. The average Bonchev–Trinajstić information content (AvgIpc) is 2.98. The number of halogens is 1. The second kappa shape index (κ2) is 7.50. The summed E-state index contributed by atoms with van der Waals surface area (Å²) < 4.78 is 2.20. The SMILES string of the molecule is OC(CNCc1ccccc1Cl)Cn1c2ccccc2c2ccccc21. The van der Waals surface area contributed by atoms with Crippen molar-refractivity contribution in [2.45, 2.75) is 19.2 Å². The number of nitrogens with one attached hydrogen (secondary N) is 1. The Labute approximate surface area is 157 Å². The highest BCUT2D eigenvalue weighted by Crippen LogP contribution is 2.28. The topological polar surface area (TPSA) is 37.2 Å². The Hall–Kier alpha value is -2.33. The maximum atomic E-state index is 10.6. The van der Waals surface area contributed by atoms with E-state index in [4.69, 9.17) is 11.6 Å². The van der Waals surface area contributed by atoms with Gasteiger partial charge in [-0.05, 0) is 23.8 Å². The highest BCUT2D eigenvalue weighted by Gasteiger charge is 2.13. The fraction of sp³-hybridized carbons (Fsp3) is 0.182. The summed E-state index contributed by atoms with van der Waals surface area (Å²) in [4.78, 5) is 0. The predicted molar refractivity (Wildman–Crippen MR) is 109 cm³/mol. The van der Waals surface area contributed by atoms with E-state index in [0.29, 0.717) is 19.6 Å². The van der Waals surface area contributed by atoms with Crippen LogP contribution in [0.1, 0.15) is 5.56 Å². The van der Waals surface area contributed by atoms with Gasteiger partial charge in [0.15, 0.2) is 0 Å². The van der Waals surface area contributed by atoms with Gasteiger partial charge in [-0.3, -0.25) is 0 Å². The summed E-state index contributed by atoms with van der Waals surface area (Å²) in [6.07, 6.45) is -0.489. The minimum atomic E-state index is -0.489. The summed E-state index contributed by atoms with van der Waals surface area (Å²) >= 11 is 6.18. The van der Waals surface area contributed by atoms with Crippen molar-refractivity contribution in [3.05, 3.63) is 83.4 Å². The molecule has 26 heavy (non-hydrogen) atoms. The van der Waals surface area contributed by atoms with Gasteiger partial charge >= 0.3 is 0 Å². The molecular formula is C22H21ClN2O. The summed E-state index contributed by atoms with van der Waals surface area (Å²) in [5.41, 5.74) is 3.34. The van der Waals surface area contributed by atoms with E-state index in [2.05, 4.69) is 46.3 Å². The van der Waals surface area contributed by atoms with Crippen LogP contribution in [0.25, 0.3) is 21.8 Å². The summed E-state index contributed by atoms with van der Waals surface area (Å²) in [6, 6.07) is 24.5. The number of fused-ring (bicyclic) bond motifs is 3. The number of aliphatic hydroxyl groups excluding tert-OH is 1. The molecule has 0 spiro atoms. The molecule has 0 radical (unpaired) electrons. The van der Waals surface area contributed by atoms with Crippen molar-refractivity contribution < 1.29 is 5.11 Å². The van der Waals surface area contributed by atoms with Crippen molar-refractivity contribution in [3.63, 3.8) is 0 Å². The van der Waals surface area contributed by atoms with E-state index in [0.717, 1.165) is 21.6 Å². The van der Waals surface area contributed by atoms with Crippen LogP contribution in [0.15, 0.2) is 72.8 Å². The lowest BCUT2D eigenvalue weighted by Crippen LogP contribution is -2.30. The van der Waals surface area contributed by atoms with Crippen LogP contribution in [0, 0.1) is 0 Å². The number of aromatic nitrogens is 1. The summed E-state index contributed by atoms with van der Waals surface area (Å²) in [7, 11) is 0. The molecule has 1 atom stereocenters. The van der Waals surface area contributed by atoms with Crippen molar-refractivity contribution in [2.75, 3.05) is 6.54 Å². The van der Waals surface area contributed by atoms with Gasteiger partial charge in [-0.25, -0.2) is 0 Å². The highest BCUT2D eigenvalue weighted by atomic mass is 35.5. The van der Waals surface area contributed by atoms with Crippen LogP contribution in [0.2, 0.25) is 5.02 Å². The molecule has 2 N–H and O–H groups in total. The summed E-state index contributed by atoms with van der Waals surface area (Å²) in [6.45, 7) is 1.69. The van der Waals surface area contributed by atoms with Crippen LogP contribution in [-0.4, -0.2) is 22.3 Å². The van der Waals surface area contributed by atoms with Crippen molar-refractivity contribution in [1.29, 1.82) is 0 Å². The first-order valence-corrected chi connectivity index (χ1v) is 9.20. The zero-order valence-electron chi connectivity index (χ0n) is 14.4. The van der Waals surface area contributed by atoms with Crippen molar-refractivity contribution in [3.8, 4) is 0 Å². The molecule has 0 aliphatic heterocycles. The first kappa shape index (κ1) is 17.1. The maximum Gasteiger partial charge on any atom is 0.0843 e. The van der Waals surface area contributed by atoms with E-state index in [1.165, 1.54) is 10.8 Å². The Morgan fingerprint density at radius 2 is 1.42 bits per heavy atom. The number of para-hydroxylation sites is 2. The lowest BCUT2D eigenvalue weighted by molar-refractivity contribution is 0.154. The molecule has 3 aromatic carbocycles. The van der Waals surface area contributed by atoms with Crippen LogP contribution in [0.4, 0.5) is 0 Å². The van der Waals surface area contributed by atoms with Gasteiger partial charge in [0.2, 0.25) is 0 Å². The van der Waals surface area contributed by atoms with Crippen LogP contribution in [-0.2, 0) is 13.1 Å². The number of rotatable bonds is 6. The molecule has 1 unspecified atom stereocenters. The zero-order chi connectivity index (χ0) is 17.9. The molecule has 1 aromatic heterocycles. The smallest absolute Gasteiger partial charge is 0.0843 e. The van der Waals surface area contributed by atoms with Gasteiger partial charge in [-0.15, -0.1) is 0 Å². The van der Waals surface area contributed by atoms with Gasteiger partial charge in [0.25, 0.3) is 0 Å². The number of hydrogen-bond donors (Lipinski definition) is 2. The van der Waals surface area contributed by atoms with Gasteiger partial charge in [-0.1, -0.05) is 66.2 Å². The number of aliphatic hydroxyl groups is 1. The predicted octanol–water partition coefficient (Wildman–Crippen LogP) is 4.60. The molecule has 4 heteroatoms. The Morgan fingerprint density at radius 3 is 2.08 bits per heavy atom. The molecule has 0 aliphatic carbocycles. The van der Waals surface area contributed by atoms with Crippen molar-refractivity contribution in [1.82, 2.24) is 9.88 Å². The second-order valence-electron chi connectivity index (χ2n) is 6.52. The van der Waals surface area contributed by atoms with E-state index in [-0.39, 0.29) is 0 Å². The molecule has 3 nitrogen and oxygen atoms in total. The molecule has 4 rings (SSSR count). The van der Waals surface area contributed by atoms with Crippen LogP contribution in [0.5, 0.6) is 0 Å². The van der Waals surface area contributed by atoms with E-state index >= 15 is 0 Å². The standard InChI is InChI=1S/C22H21ClN2O/c23-20-10-4-1-7-16(20)13-24-14-17(26)15-25-21-11-5-2-8-18(21)19-9-3-6-12-22(19)25/h1-12,17,24,26H,13-15H2.